The van der Waals surface area contributed by atoms with Crippen molar-refractivity contribution in [1.29, 1.82) is 0 Å². The number of nitrogens with zero attached hydrogens (tertiary/aromatic N) is 3. The molecule has 2 rings (SSSR count). The Morgan fingerprint density at radius 1 is 1.26 bits per heavy atom. The molecule has 0 aliphatic carbocycles. The van der Waals surface area contributed by atoms with Crippen molar-refractivity contribution in [2.75, 3.05) is 20.6 Å². The lowest BCUT2D eigenvalue weighted by atomic mass is 10.2. The van der Waals surface area contributed by atoms with Crippen LogP contribution in [0, 0.1) is 0 Å². The Morgan fingerprint density at radius 2 is 1.95 bits per heavy atom. The third-order valence-electron chi connectivity index (χ3n) is 2.58. The molecule has 0 radical (unpaired) electrons. The maximum atomic E-state index is 9.79. The second-order valence-electron chi connectivity index (χ2n) is 4.68. The fourth-order valence-corrected chi connectivity index (χ4v) is 1.75. The van der Waals surface area contributed by atoms with E-state index in [-0.39, 0.29) is 5.75 Å². The first-order valence-corrected chi connectivity index (χ1v) is 5.99. The van der Waals surface area contributed by atoms with Crippen molar-refractivity contribution in [2.24, 2.45) is 0 Å². The molecule has 1 aromatic carbocycles. The van der Waals surface area contributed by atoms with Crippen LogP contribution in [-0.2, 0) is 6.42 Å². The van der Waals surface area contributed by atoms with E-state index < -0.39 is 6.10 Å². The molecular formula is C13H17N3O3. The summed E-state index contributed by atoms with van der Waals surface area (Å²) < 4.78 is 5.10. The van der Waals surface area contributed by atoms with Gasteiger partial charge >= 0.3 is 0 Å². The van der Waals surface area contributed by atoms with Crippen LogP contribution >= 0.6 is 0 Å². The lowest BCUT2D eigenvalue weighted by molar-refractivity contribution is 0.127. The lowest BCUT2D eigenvalue weighted by Gasteiger charge is -2.13. The Balaban J connectivity index is 2.04. The highest BCUT2D eigenvalue weighted by Gasteiger charge is 2.13. The van der Waals surface area contributed by atoms with Crippen molar-refractivity contribution in [2.45, 2.75) is 12.5 Å². The molecule has 2 N–H and O–H groups in total. The van der Waals surface area contributed by atoms with Gasteiger partial charge in [0.05, 0.1) is 12.5 Å². The standard InChI is InChI=1S/C13H17N3O3/c1-16(2)8-11(18)7-12-14-13(15-19-12)9-3-5-10(17)6-4-9/h3-6,11,17-18H,7-8H2,1-2H3. The summed E-state index contributed by atoms with van der Waals surface area (Å²) in [6.07, 6.45) is -0.216. The summed E-state index contributed by atoms with van der Waals surface area (Å²) in [7, 11) is 3.78. The smallest absolute Gasteiger partial charge is 0.229 e. The lowest BCUT2D eigenvalue weighted by Crippen LogP contribution is -2.27. The number of rotatable bonds is 5. The minimum atomic E-state index is -0.539. The summed E-state index contributed by atoms with van der Waals surface area (Å²) in [4.78, 5) is 6.11. The largest absolute Gasteiger partial charge is 0.508 e. The van der Waals surface area contributed by atoms with Crippen LogP contribution in [0.1, 0.15) is 5.89 Å². The zero-order valence-electron chi connectivity index (χ0n) is 10.9. The van der Waals surface area contributed by atoms with Gasteiger partial charge in [-0.25, -0.2) is 0 Å². The van der Waals surface area contributed by atoms with E-state index in [0.717, 1.165) is 5.56 Å². The number of likely N-dealkylation sites (N-methyl/N-ethyl adjacent to an activating group) is 1. The highest BCUT2D eigenvalue weighted by Crippen LogP contribution is 2.19. The summed E-state index contributed by atoms with van der Waals surface area (Å²) in [5.74, 6) is 1.04. The Kier molecular flexibility index (Phi) is 4.13. The molecule has 1 unspecified atom stereocenters. The molecule has 0 saturated heterocycles. The van der Waals surface area contributed by atoms with E-state index in [1.165, 1.54) is 0 Å². The topological polar surface area (TPSA) is 82.6 Å². The molecule has 6 nitrogen and oxygen atoms in total. The number of aliphatic hydroxyl groups is 1. The Bertz CT molecular complexity index is 522. The Morgan fingerprint density at radius 3 is 2.58 bits per heavy atom. The number of benzene rings is 1. The fraction of sp³-hybridized carbons (Fsp3) is 0.385. The van der Waals surface area contributed by atoms with Crippen molar-refractivity contribution < 1.29 is 14.7 Å². The van der Waals surface area contributed by atoms with Gasteiger partial charge in [0.25, 0.3) is 0 Å². The van der Waals surface area contributed by atoms with Crippen LogP contribution in [0.25, 0.3) is 11.4 Å². The number of aromatic nitrogens is 2. The maximum Gasteiger partial charge on any atom is 0.229 e. The minimum absolute atomic E-state index is 0.189. The second kappa shape index (κ2) is 5.81. The highest BCUT2D eigenvalue weighted by molar-refractivity contribution is 5.55. The molecule has 19 heavy (non-hydrogen) atoms. The molecule has 2 aromatic rings. The monoisotopic (exact) mass is 263 g/mol. The average Bonchev–Trinajstić information content (AvgIpc) is 2.77. The molecule has 0 aliphatic heterocycles. The second-order valence-corrected chi connectivity index (χ2v) is 4.68. The molecule has 6 heteroatoms. The first kappa shape index (κ1) is 13.5. The Labute approximate surface area is 111 Å². The van der Waals surface area contributed by atoms with Crippen molar-refractivity contribution in [3.8, 4) is 17.1 Å². The SMILES string of the molecule is CN(C)CC(O)Cc1nc(-c2ccc(O)cc2)no1. The van der Waals surface area contributed by atoms with Gasteiger partial charge in [0, 0.05) is 12.1 Å². The number of aliphatic hydroxyl groups excluding tert-OH is 1. The van der Waals surface area contributed by atoms with E-state index in [2.05, 4.69) is 10.1 Å². The molecule has 0 amide bonds. The van der Waals surface area contributed by atoms with E-state index >= 15 is 0 Å². The van der Waals surface area contributed by atoms with E-state index in [0.29, 0.717) is 24.7 Å². The minimum Gasteiger partial charge on any atom is -0.508 e. The first-order valence-electron chi connectivity index (χ1n) is 5.99. The van der Waals surface area contributed by atoms with E-state index in [1.54, 1.807) is 24.3 Å². The van der Waals surface area contributed by atoms with Crippen molar-refractivity contribution >= 4 is 0 Å². The van der Waals surface area contributed by atoms with Gasteiger partial charge < -0.3 is 19.6 Å². The molecule has 102 valence electrons. The van der Waals surface area contributed by atoms with Crippen LogP contribution in [-0.4, -0.2) is 52.0 Å². The van der Waals surface area contributed by atoms with Crippen LogP contribution in [0.5, 0.6) is 5.75 Å². The quantitative estimate of drug-likeness (QED) is 0.834. The molecule has 0 bridgehead atoms. The maximum absolute atomic E-state index is 9.79. The summed E-state index contributed by atoms with van der Waals surface area (Å²) in [5, 5.41) is 22.9. The third kappa shape index (κ3) is 3.77. The van der Waals surface area contributed by atoms with Gasteiger partial charge in [-0.1, -0.05) is 5.16 Å². The van der Waals surface area contributed by atoms with Crippen LogP contribution < -0.4 is 0 Å². The Hall–Kier alpha value is -1.92. The molecule has 0 spiro atoms. The van der Waals surface area contributed by atoms with Crippen molar-refractivity contribution in [1.82, 2.24) is 15.0 Å². The highest BCUT2D eigenvalue weighted by atomic mass is 16.5. The number of hydrogen-bond donors (Lipinski definition) is 2. The molecular weight excluding hydrogens is 246 g/mol. The van der Waals surface area contributed by atoms with Gasteiger partial charge in [-0.2, -0.15) is 4.98 Å². The molecule has 0 saturated carbocycles. The fourth-order valence-electron chi connectivity index (χ4n) is 1.75. The normalized spacial score (nSPS) is 12.8. The average molecular weight is 263 g/mol. The van der Waals surface area contributed by atoms with Gasteiger partial charge in [0.1, 0.15) is 5.75 Å². The van der Waals surface area contributed by atoms with Gasteiger partial charge in [-0.3, -0.25) is 0 Å². The van der Waals surface area contributed by atoms with Gasteiger partial charge in [0.15, 0.2) is 0 Å². The molecule has 1 heterocycles. The summed E-state index contributed by atoms with van der Waals surface area (Å²) >= 11 is 0. The predicted molar refractivity (Wildman–Crippen MR) is 69.7 cm³/mol. The van der Waals surface area contributed by atoms with Crippen LogP contribution in [0.4, 0.5) is 0 Å². The third-order valence-corrected chi connectivity index (χ3v) is 2.58. The number of hydrogen-bond acceptors (Lipinski definition) is 6. The van der Waals surface area contributed by atoms with Crippen LogP contribution in [0.3, 0.4) is 0 Å². The molecule has 1 aromatic heterocycles. The zero-order valence-corrected chi connectivity index (χ0v) is 10.9. The molecule has 1 atom stereocenters. The molecule has 0 fully saturated rings. The van der Waals surface area contributed by atoms with Gasteiger partial charge in [-0.05, 0) is 38.4 Å². The predicted octanol–water partition coefficient (Wildman–Crippen LogP) is 0.907. The molecule has 0 aliphatic rings. The van der Waals surface area contributed by atoms with E-state index in [9.17, 15) is 10.2 Å². The summed E-state index contributed by atoms with van der Waals surface area (Å²) in [5.41, 5.74) is 0.759. The summed E-state index contributed by atoms with van der Waals surface area (Å²) in [6, 6.07) is 6.54. The van der Waals surface area contributed by atoms with Crippen LogP contribution in [0.15, 0.2) is 28.8 Å². The van der Waals surface area contributed by atoms with Crippen molar-refractivity contribution in [3.05, 3.63) is 30.2 Å². The number of phenols is 1. The van der Waals surface area contributed by atoms with E-state index in [4.69, 9.17) is 4.52 Å². The van der Waals surface area contributed by atoms with Gasteiger partial charge in [-0.15, -0.1) is 0 Å². The van der Waals surface area contributed by atoms with E-state index in [1.807, 2.05) is 19.0 Å². The van der Waals surface area contributed by atoms with Crippen LogP contribution in [0.2, 0.25) is 0 Å². The zero-order chi connectivity index (χ0) is 13.8. The van der Waals surface area contributed by atoms with Gasteiger partial charge in [0.2, 0.25) is 11.7 Å². The van der Waals surface area contributed by atoms with Crippen molar-refractivity contribution in [3.63, 3.8) is 0 Å². The summed E-state index contributed by atoms with van der Waals surface area (Å²) in [6.45, 7) is 0.539. The number of aromatic hydroxyl groups is 1. The number of phenolic OH excluding ortho intramolecular Hbond substituents is 1. The first-order chi connectivity index (χ1) is 9.04.